The molecule has 1 unspecified atom stereocenters. The predicted octanol–water partition coefficient (Wildman–Crippen LogP) is 3.78. The Bertz CT molecular complexity index is 617. The summed E-state index contributed by atoms with van der Waals surface area (Å²) in [7, 11) is 1.36. The first-order chi connectivity index (χ1) is 12.8. The van der Waals surface area contributed by atoms with Gasteiger partial charge < -0.3 is 14.8 Å². The van der Waals surface area contributed by atoms with Crippen LogP contribution in [0, 0.1) is 11.8 Å². The summed E-state index contributed by atoms with van der Waals surface area (Å²) in [6, 6.07) is 4.53. The van der Waals surface area contributed by atoms with Crippen LogP contribution in [0.25, 0.3) is 0 Å². The van der Waals surface area contributed by atoms with E-state index in [1.54, 1.807) is 6.07 Å². The van der Waals surface area contributed by atoms with Gasteiger partial charge in [-0.2, -0.15) is 8.78 Å². The molecule has 1 N–H and O–H groups in total. The maximum atomic E-state index is 12.6. The summed E-state index contributed by atoms with van der Waals surface area (Å²) >= 11 is 0. The van der Waals surface area contributed by atoms with Gasteiger partial charge in [-0.25, -0.2) is 0 Å². The summed E-state index contributed by atoms with van der Waals surface area (Å²) in [5.41, 5.74) is 0.265. The first-order valence-electron chi connectivity index (χ1n) is 9.47. The van der Waals surface area contributed by atoms with Gasteiger partial charge in [0.25, 0.3) is 5.91 Å². The highest BCUT2D eigenvalue weighted by molar-refractivity contribution is 5.94. The van der Waals surface area contributed by atoms with Crippen molar-refractivity contribution in [3.63, 3.8) is 0 Å². The molecule has 27 heavy (non-hydrogen) atoms. The summed E-state index contributed by atoms with van der Waals surface area (Å²) in [5.74, 6) is 0.844. The third-order valence-electron chi connectivity index (χ3n) is 5.17. The van der Waals surface area contributed by atoms with Gasteiger partial charge >= 0.3 is 6.61 Å². The minimum atomic E-state index is -2.98. The SMILES string of the molecule is COc1ccc(C(=O)NCC(C(C)C)N2CCC(C)CC2)cc1OC(F)F. The molecule has 1 aliphatic rings. The number of nitrogens with one attached hydrogen (secondary N) is 1. The largest absolute Gasteiger partial charge is 0.493 e. The van der Waals surface area contributed by atoms with Crippen LogP contribution in [0.4, 0.5) is 8.78 Å². The van der Waals surface area contributed by atoms with Crippen LogP contribution in [0.15, 0.2) is 18.2 Å². The number of halogens is 2. The molecule has 1 atom stereocenters. The molecule has 152 valence electrons. The number of rotatable bonds is 8. The minimum Gasteiger partial charge on any atom is -0.493 e. The van der Waals surface area contributed by atoms with Crippen molar-refractivity contribution in [2.75, 3.05) is 26.7 Å². The highest BCUT2D eigenvalue weighted by atomic mass is 19.3. The third-order valence-corrected chi connectivity index (χ3v) is 5.17. The van der Waals surface area contributed by atoms with Crippen LogP contribution in [0.1, 0.15) is 44.0 Å². The summed E-state index contributed by atoms with van der Waals surface area (Å²) in [4.78, 5) is 15.0. The van der Waals surface area contributed by atoms with Gasteiger partial charge in [-0.1, -0.05) is 20.8 Å². The quantitative estimate of drug-likeness (QED) is 0.741. The van der Waals surface area contributed by atoms with Gasteiger partial charge in [0.1, 0.15) is 0 Å². The van der Waals surface area contributed by atoms with E-state index < -0.39 is 6.61 Å². The first kappa shape index (κ1) is 21.4. The lowest BCUT2D eigenvalue weighted by Crippen LogP contribution is -2.49. The van der Waals surface area contributed by atoms with Gasteiger partial charge in [0.2, 0.25) is 0 Å². The van der Waals surface area contributed by atoms with Crippen LogP contribution >= 0.6 is 0 Å². The fourth-order valence-corrected chi connectivity index (χ4v) is 3.45. The lowest BCUT2D eigenvalue weighted by atomic mass is 9.94. The van der Waals surface area contributed by atoms with Crippen LogP contribution in [-0.2, 0) is 0 Å². The number of alkyl halides is 2. The number of likely N-dealkylation sites (tertiary alicyclic amines) is 1. The Morgan fingerprint density at radius 2 is 1.93 bits per heavy atom. The molecule has 7 heteroatoms. The summed E-state index contributed by atoms with van der Waals surface area (Å²) < 4.78 is 34.6. The van der Waals surface area contributed by atoms with Crippen molar-refractivity contribution in [1.29, 1.82) is 0 Å². The molecule has 1 aromatic carbocycles. The number of carbonyl (C=O) groups is 1. The van der Waals surface area contributed by atoms with Gasteiger partial charge in [0.15, 0.2) is 11.5 Å². The Morgan fingerprint density at radius 3 is 2.48 bits per heavy atom. The molecule has 1 fully saturated rings. The molecule has 0 aliphatic carbocycles. The molecular weight excluding hydrogens is 354 g/mol. The molecular formula is C20H30F2N2O3. The summed E-state index contributed by atoms with van der Waals surface area (Å²) in [6.45, 7) is 6.18. The van der Waals surface area contributed by atoms with Crippen LogP contribution in [0.3, 0.4) is 0 Å². The third kappa shape index (κ3) is 6.06. The molecule has 1 heterocycles. The van der Waals surface area contributed by atoms with Crippen LogP contribution in [-0.4, -0.2) is 50.2 Å². The number of benzene rings is 1. The van der Waals surface area contributed by atoms with E-state index in [4.69, 9.17) is 4.74 Å². The van der Waals surface area contributed by atoms with E-state index in [1.807, 2.05) is 0 Å². The molecule has 2 rings (SSSR count). The van der Waals surface area contributed by atoms with Gasteiger partial charge in [-0.3, -0.25) is 9.69 Å². The molecule has 1 aliphatic heterocycles. The number of ether oxygens (including phenoxy) is 2. The van der Waals surface area contributed by atoms with E-state index in [0.29, 0.717) is 12.5 Å². The Labute approximate surface area is 160 Å². The number of methoxy groups -OCH3 is 1. The van der Waals surface area contributed by atoms with E-state index in [0.717, 1.165) is 19.0 Å². The summed E-state index contributed by atoms with van der Waals surface area (Å²) in [5, 5.41) is 2.94. The van der Waals surface area contributed by atoms with E-state index in [1.165, 1.54) is 32.1 Å². The second-order valence-corrected chi connectivity index (χ2v) is 7.48. The number of hydrogen-bond donors (Lipinski definition) is 1. The lowest BCUT2D eigenvalue weighted by molar-refractivity contribution is -0.0512. The highest BCUT2D eigenvalue weighted by Gasteiger charge is 2.26. The van der Waals surface area contributed by atoms with E-state index in [2.05, 4.69) is 35.7 Å². The van der Waals surface area contributed by atoms with Crippen molar-refractivity contribution in [3.8, 4) is 11.5 Å². The van der Waals surface area contributed by atoms with Crippen molar-refractivity contribution in [2.24, 2.45) is 11.8 Å². The van der Waals surface area contributed by atoms with Crippen LogP contribution in [0.2, 0.25) is 0 Å². The lowest BCUT2D eigenvalue weighted by Gasteiger charge is -2.38. The average Bonchev–Trinajstić information content (AvgIpc) is 2.62. The smallest absolute Gasteiger partial charge is 0.387 e. The second kappa shape index (κ2) is 9.88. The number of piperidine rings is 1. The maximum absolute atomic E-state index is 12.6. The number of carbonyl (C=O) groups excluding carboxylic acids is 1. The maximum Gasteiger partial charge on any atom is 0.387 e. The van der Waals surface area contributed by atoms with E-state index in [9.17, 15) is 13.6 Å². The van der Waals surface area contributed by atoms with Crippen molar-refractivity contribution < 1.29 is 23.0 Å². The predicted molar refractivity (Wildman–Crippen MR) is 101 cm³/mol. The molecule has 0 aromatic heterocycles. The molecule has 0 saturated carbocycles. The average molecular weight is 384 g/mol. The van der Waals surface area contributed by atoms with E-state index >= 15 is 0 Å². The molecule has 5 nitrogen and oxygen atoms in total. The van der Waals surface area contributed by atoms with Gasteiger partial charge in [0, 0.05) is 18.2 Å². The molecule has 0 bridgehead atoms. The number of nitrogens with zero attached hydrogens (tertiary/aromatic N) is 1. The van der Waals surface area contributed by atoms with Crippen LogP contribution in [0.5, 0.6) is 11.5 Å². The Hall–Kier alpha value is -1.89. The standard InChI is InChI=1S/C20H30F2N2O3/c1-13(2)16(24-9-7-14(3)8-10-24)12-23-19(25)15-5-6-17(26-4)18(11-15)27-20(21)22/h5-6,11,13-14,16,20H,7-10,12H2,1-4H3,(H,23,25). The normalized spacial score (nSPS) is 17.2. The number of amides is 1. The van der Waals surface area contributed by atoms with Crippen LogP contribution < -0.4 is 14.8 Å². The molecule has 1 saturated heterocycles. The van der Waals surface area contributed by atoms with Crippen molar-refractivity contribution in [2.45, 2.75) is 46.3 Å². The zero-order chi connectivity index (χ0) is 20.0. The first-order valence-corrected chi connectivity index (χ1v) is 9.47. The molecule has 1 aromatic rings. The highest BCUT2D eigenvalue weighted by Crippen LogP contribution is 2.29. The Morgan fingerprint density at radius 1 is 1.26 bits per heavy atom. The second-order valence-electron chi connectivity index (χ2n) is 7.48. The summed E-state index contributed by atoms with van der Waals surface area (Å²) in [6.07, 6.45) is 2.34. The van der Waals surface area contributed by atoms with Gasteiger partial charge in [0.05, 0.1) is 7.11 Å². The minimum absolute atomic E-state index is 0.148. The zero-order valence-electron chi connectivity index (χ0n) is 16.5. The number of hydrogen-bond acceptors (Lipinski definition) is 4. The molecule has 1 amide bonds. The zero-order valence-corrected chi connectivity index (χ0v) is 16.5. The molecule has 0 radical (unpaired) electrons. The Kier molecular flexibility index (Phi) is 7.83. The topological polar surface area (TPSA) is 50.8 Å². The van der Waals surface area contributed by atoms with Gasteiger partial charge in [-0.15, -0.1) is 0 Å². The van der Waals surface area contributed by atoms with Gasteiger partial charge in [-0.05, 0) is 56.0 Å². The van der Waals surface area contributed by atoms with Crippen molar-refractivity contribution in [1.82, 2.24) is 10.2 Å². The van der Waals surface area contributed by atoms with Crippen molar-refractivity contribution >= 4 is 5.91 Å². The Balaban J connectivity index is 2.02. The van der Waals surface area contributed by atoms with E-state index in [-0.39, 0.29) is 29.0 Å². The fourth-order valence-electron chi connectivity index (χ4n) is 3.45. The van der Waals surface area contributed by atoms with Crippen molar-refractivity contribution in [3.05, 3.63) is 23.8 Å². The monoisotopic (exact) mass is 384 g/mol. The molecule has 0 spiro atoms. The fraction of sp³-hybridized carbons (Fsp3) is 0.650.